The van der Waals surface area contributed by atoms with Crippen LogP contribution in [0.25, 0.3) is 0 Å². The minimum atomic E-state index is -0.298. The number of urea groups is 1. The molecule has 0 saturated carbocycles. The highest BCUT2D eigenvalue weighted by Gasteiger charge is 2.18. The molecule has 2 N–H and O–H groups in total. The molecule has 0 aromatic heterocycles. The zero-order valence-electron chi connectivity index (χ0n) is 22.7. The third-order valence-corrected chi connectivity index (χ3v) is 6.27. The van der Waals surface area contributed by atoms with E-state index in [0.717, 1.165) is 11.5 Å². The van der Waals surface area contributed by atoms with E-state index in [2.05, 4.69) is 10.6 Å². The van der Waals surface area contributed by atoms with Crippen LogP contribution in [0.15, 0.2) is 97.1 Å². The number of ether oxygens (including phenoxy) is 4. The van der Waals surface area contributed by atoms with Crippen LogP contribution in [0.3, 0.4) is 0 Å². The van der Waals surface area contributed by atoms with Crippen LogP contribution in [0.1, 0.15) is 23.7 Å². The summed E-state index contributed by atoms with van der Waals surface area (Å²) in [5, 5.41) is 5.86. The zero-order valence-corrected chi connectivity index (χ0v) is 22.7. The Hall–Kier alpha value is -5.18. The molecule has 0 fully saturated rings. The fraction of sp³-hybridized carbons (Fsp3) is 0.188. The summed E-state index contributed by atoms with van der Waals surface area (Å²) >= 11 is 0. The van der Waals surface area contributed by atoms with Gasteiger partial charge in [0.05, 0.1) is 6.61 Å². The molecule has 1 heterocycles. The highest BCUT2D eigenvalue weighted by molar-refractivity contribution is 6.01. The maximum absolute atomic E-state index is 13.4. The van der Waals surface area contributed by atoms with E-state index < -0.39 is 0 Å². The minimum Gasteiger partial charge on any atom is -0.494 e. The number of fused-ring (bicyclic) bond motifs is 1. The van der Waals surface area contributed by atoms with Crippen LogP contribution in [0.2, 0.25) is 0 Å². The standard InChI is InChI=1S/C32H31N3O6/c1-2-38-26-14-10-24(11-15-26)34-32(37)35(25-12-16-28(17-13-25)41-27-7-4-3-5-8-27)20-6-19-33-31(36)23-9-18-29-30(21-23)40-22-39-29/h3-5,7-18,21H,2,6,19-20,22H2,1H3,(H,33,36)(H,34,37). The molecule has 0 saturated heterocycles. The number of carbonyl (C=O) groups is 2. The smallest absolute Gasteiger partial charge is 0.326 e. The first-order chi connectivity index (χ1) is 20.1. The molecule has 0 spiro atoms. The highest BCUT2D eigenvalue weighted by atomic mass is 16.7. The van der Waals surface area contributed by atoms with Gasteiger partial charge >= 0.3 is 6.03 Å². The van der Waals surface area contributed by atoms with E-state index in [9.17, 15) is 9.59 Å². The Kier molecular flexibility index (Phi) is 8.85. The second-order valence-electron chi connectivity index (χ2n) is 9.13. The summed E-state index contributed by atoms with van der Waals surface area (Å²) in [6.07, 6.45) is 0.523. The number of nitrogens with one attached hydrogen (secondary N) is 2. The van der Waals surface area contributed by atoms with E-state index in [-0.39, 0.29) is 18.7 Å². The molecule has 210 valence electrons. The summed E-state index contributed by atoms with van der Waals surface area (Å²) in [6.45, 7) is 3.36. The van der Waals surface area contributed by atoms with Gasteiger partial charge in [-0.05, 0) is 92.2 Å². The number of anilines is 2. The van der Waals surface area contributed by atoms with Gasteiger partial charge < -0.3 is 29.6 Å². The van der Waals surface area contributed by atoms with Gasteiger partial charge in [-0.1, -0.05) is 18.2 Å². The van der Waals surface area contributed by atoms with Gasteiger partial charge in [-0.25, -0.2) is 4.79 Å². The van der Waals surface area contributed by atoms with Crippen molar-refractivity contribution in [2.75, 3.05) is 36.7 Å². The largest absolute Gasteiger partial charge is 0.494 e. The van der Waals surface area contributed by atoms with Gasteiger partial charge in [0, 0.05) is 30.0 Å². The number of hydrogen-bond acceptors (Lipinski definition) is 6. The summed E-state index contributed by atoms with van der Waals surface area (Å²) < 4.78 is 22.1. The Morgan fingerprint density at radius 3 is 2.29 bits per heavy atom. The normalized spacial score (nSPS) is 11.4. The number of amides is 3. The number of para-hydroxylation sites is 1. The molecule has 41 heavy (non-hydrogen) atoms. The Labute approximate surface area is 238 Å². The molecule has 3 amide bonds. The Bertz CT molecular complexity index is 1460. The van der Waals surface area contributed by atoms with E-state index in [1.807, 2.05) is 73.7 Å². The average Bonchev–Trinajstić information content (AvgIpc) is 3.47. The molecule has 0 radical (unpaired) electrons. The molecule has 4 aromatic carbocycles. The van der Waals surface area contributed by atoms with Crippen molar-refractivity contribution >= 4 is 23.3 Å². The first kappa shape index (κ1) is 27.4. The second-order valence-corrected chi connectivity index (χ2v) is 9.13. The van der Waals surface area contributed by atoms with E-state index in [1.165, 1.54) is 0 Å². The maximum atomic E-state index is 13.4. The van der Waals surface area contributed by atoms with Crippen LogP contribution in [0.5, 0.6) is 28.7 Å². The summed E-state index contributed by atoms with van der Waals surface area (Å²) in [7, 11) is 0. The lowest BCUT2D eigenvalue weighted by molar-refractivity contribution is 0.0953. The Balaban J connectivity index is 1.23. The van der Waals surface area contributed by atoms with E-state index in [4.69, 9.17) is 18.9 Å². The third-order valence-electron chi connectivity index (χ3n) is 6.27. The average molecular weight is 554 g/mol. The first-order valence-electron chi connectivity index (χ1n) is 13.4. The van der Waals surface area contributed by atoms with Crippen molar-refractivity contribution in [3.63, 3.8) is 0 Å². The second kappa shape index (κ2) is 13.3. The van der Waals surface area contributed by atoms with E-state index in [0.29, 0.717) is 60.3 Å². The predicted molar refractivity (Wildman–Crippen MR) is 156 cm³/mol. The zero-order chi connectivity index (χ0) is 28.4. The van der Waals surface area contributed by atoms with Gasteiger partial charge in [0.25, 0.3) is 5.91 Å². The fourth-order valence-electron chi connectivity index (χ4n) is 4.24. The summed E-state index contributed by atoms with van der Waals surface area (Å²) in [5.74, 6) is 3.06. The van der Waals surface area contributed by atoms with Crippen LogP contribution in [0, 0.1) is 0 Å². The molecular weight excluding hydrogens is 522 g/mol. The highest BCUT2D eigenvalue weighted by Crippen LogP contribution is 2.32. The van der Waals surface area contributed by atoms with Crippen LogP contribution in [-0.4, -0.2) is 38.4 Å². The van der Waals surface area contributed by atoms with Crippen molar-refractivity contribution in [1.29, 1.82) is 0 Å². The van der Waals surface area contributed by atoms with Gasteiger partial charge in [0.2, 0.25) is 6.79 Å². The van der Waals surface area contributed by atoms with Gasteiger partial charge in [-0.3, -0.25) is 9.69 Å². The molecule has 0 unspecified atom stereocenters. The lowest BCUT2D eigenvalue weighted by Gasteiger charge is -2.24. The van der Waals surface area contributed by atoms with Gasteiger partial charge in [0.1, 0.15) is 17.2 Å². The van der Waals surface area contributed by atoms with Crippen LogP contribution in [-0.2, 0) is 0 Å². The third kappa shape index (κ3) is 7.27. The number of benzene rings is 4. The quantitative estimate of drug-likeness (QED) is 0.207. The molecule has 0 aliphatic carbocycles. The summed E-state index contributed by atoms with van der Waals surface area (Å²) in [6, 6.07) is 28.8. The van der Waals surface area contributed by atoms with E-state index >= 15 is 0 Å². The minimum absolute atomic E-state index is 0.147. The molecule has 0 atom stereocenters. The van der Waals surface area contributed by atoms with Crippen molar-refractivity contribution in [2.45, 2.75) is 13.3 Å². The number of rotatable bonds is 11. The summed E-state index contributed by atoms with van der Waals surface area (Å²) in [4.78, 5) is 27.7. The topological polar surface area (TPSA) is 98.4 Å². The number of hydrogen-bond donors (Lipinski definition) is 2. The lowest BCUT2D eigenvalue weighted by atomic mass is 10.2. The lowest BCUT2D eigenvalue weighted by Crippen LogP contribution is -2.37. The van der Waals surface area contributed by atoms with Gasteiger partial charge in [0.15, 0.2) is 11.5 Å². The molecule has 1 aliphatic rings. The molecule has 5 rings (SSSR count). The SMILES string of the molecule is CCOc1ccc(NC(=O)N(CCCNC(=O)c2ccc3c(c2)OCO3)c2ccc(Oc3ccccc3)cc2)cc1. The molecule has 4 aromatic rings. The predicted octanol–water partition coefficient (Wildman–Crippen LogP) is 6.46. The van der Waals surface area contributed by atoms with Crippen molar-refractivity contribution < 1.29 is 28.5 Å². The Morgan fingerprint density at radius 2 is 1.54 bits per heavy atom. The number of nitrogens with zero attached hydrogens (tertiary/aromatic N) is 1. The maximum Gasteiger partial charge on any atom is 0.326 e. The monoisotopic (exact) mass is 553 g/mol. The van der Waals surface area contributed by atoms with Gasteiger partial charge in [-0.2, -0.15) is 0 Å². The van der Waals surface area contributed by atoms with E-state index in [1.54, 1.807) is 35.2 Å². The van der Waals surface area contributed by atoms with Crippen molar-refractivity contribution in [2.24, 2.45) is 0 Å². The fourth-order valence-corrected chi connectivity index (χ4v) is 4.24. The van der Waals surface area contributed by atoms with Crippen molar-refractivity contribution in [3.05, 3.63) is 103 Å². The molecule has 9 heteroatoms. The van der Waals surface area contributed by atoms with Gasteiger partial charge in [-0.15, -0.1) is 0 Å². The van der Waals surface area contributed by atoms with Crippen molar-refractivity contribution in [1.82, 2.24) is 5.32 Å². The van der Waals surface area contributed by atoms with Crippen LogP contribution in [0.4, 0.5) is 16.2 Å². The first-order valence-corrected chi connectivity index (χ1v) is 13.4. The van der Waals surface area contributed by atoms with Crippen molar-refractivity contribution in [3.8, 4) is 28.7 Å². The van der Waals surface area contributed by atoms with Crippen LogP contribution < -0.4 is 34.5 Å². The Morgan fingerprint density at radius 1 is 0.829 bits per heavy atom. The molecular formula is C32H31N3O6. The van der Waals surface area contributed by atoms with Crippen LogP contribution >= 0.6 is 0 Å². The number of carbonyl (C=O) groups excluding carboxylic acids is 2. The summed E-state index contributed by atoms with van der Waals surface area (Å²) in [5.41, 5.74) is 1.81. The molecule has 1 aliphatic heterocycles. The molecule has 9 nitrogen and oxygen atoms in total. The molecule has 0 bridgehead atoms.